The summed E-state index contributed by atoms with van der Waals surface area (Å²) in [6, 6.07) is 18.5. The van der Waals surface area contributed by atoms with E-state index in [9.17, 15) is 16.8 Å². The lowest BCUT2D eigenvalue weighted by Gasteiger charge is -2.23. The van der Waals surface area contributed by atoms with Gasteiger partial charge in [0.25, 0.3) is 0 Å². The van der Waals surface area contributed by atoms with Crippen LogP contribution in [0.25, 0.3) is 0 Å². The maximum Gasteiger partial charge on any atom is 0.218 e. The zero-order valence-electron chi connectivity index (χ0n) is 16.1. The Labute approximate surface area is 182 Å². The molecule has 6 nitrogen and oxygen atoms in total. The Balaban J connectivity index is 0.000000207. The van der Waals surface area contributed by atoms with Crippen LogP contribution < -0.4 is 9.44 Å². The van der Waals surface area contributed by atoms with Crippen molar-refractivity contribution in [3.05, 3.63) is 71.8 Å². The zero-order chi connectivity index (χ0) is 21.2. The van der Waals surface area contributed by atoms with Crippen LogP contribution in [0.15, 0.2) is 60.7 Å². The van der Waals surface area contributed by atoms with Crippen molar-refractivity contribution in [2.45, 2.75) is 30.3 Å². The van der Waals surface area contributed by atoms with E-state index in [1.165, 1.54) is 0 Å². The molecule has 0 saturated carbocycles. The number of hydrogen-bond acceptors (Lipinski definition) is 4. The van der Waals surface area contributed by atoms with E-state index in [0.29, 0.717) is 13.1 Å². The summed E-state index contributed by atoms with van der Waals surface area (Å²) in [5, 5.41) is 0.443. The van der Waals surface area contributed by atoms with E-state index < -0.39 is 20.0 Å². The summed E-state index contributed by atoms with van der Waals surface area (Å²) >= 11 is 3.25. The quantitative estimate of drug-likeness (QED) is 0.448. The van der Waals surface area contributed by atoms with Crippen molar-refractivity contribution >= 4 is 36.0 Å². The van der Waals surface area contributed by atoms with Crippen LogP contribution in [-0.2, 0) is 25.8 Å². The molecule has 29 heavy (non-hydrogen) atoms. The molecule has 0 amide bonds. The van der Waals surface area contributed by atoms with Gasteiger partial charge in [0.2, 0.25) is 20.0 Å². The second-order valence-electron chi connectivity index (χ2n) is 6.66. The lowest BCUT2D eigenvalue weighted by Crippen LogP contribution is -2.34. The summed E-state index contributed by atoms with van der Waals surface area (Å²) in [4.78, 5) is 0. The number of alkyl halides is 1. The van der Waals surface area contributed by atoms with Gasteiger partial charge in [-0.3, -0.25) is 0 Å². The molecule has 3 rings (SSSR count). The van der Waals surface area contributed by atoms with Gasteiger partial charge in [-0.25, -0.2) is 26.3 Å². The van der Waals surface area contributed by atoms with Gasteiger partial charge in [-0.15, -0.1) is 0 Å². The van der Waals surface area contributed by atoms with E-state index in [1.54, 1.807) is 0 Å². The Bertz CT molecular complexity index is 937. The van der Waals surface area contributed by atoms with Gasteiger partial charge < -0.3 is 0 Å². The topological polar surface area (TPSA) is 92.3 Å². The van der Waals surface area contributed by atoms with Crippen LogP contribution in [-0.4, -0.2) is 35.3 Å². The highest BCUT2D eigenvalue weighted by atomic mass is 79.9. The molecule has 1 aliphatic heterocycles. The summed E-state index contributed by atoms with van der Waals surface area (Å²) in [5.74, 6) is 0.0517. The molecular weight excluding hydrogens is 476 g/mol. The lowest BCUT2D eigenvalue weighted by molar-refractivity contribution is 0.531. The van der Waals surface area contributed by atoms with Crippen LogP contribution in [0.5, 0.6) is 0 Å². The molecule has 1 unspecified atom stereocenters. The van der Waals surface area contributed by atoms with Crippen molar-refractivity contribution in [2.24, 2.45) is 0 Å². The molecule has 1 heterocycles. The summed E-state index contributed by atoms with van der Waals surface area (Å²) in [5.41, 5.74) is 1.70. The second kappa shape index (κ2) is 11.8. The third-order valence-electron chi connectivity index (χ3n) is 4.32. The number of nitrogens with one attached hydrogen (secondary N) is 2. The normalized spacial score (nSPS) is 18.4. The smallest absolute Gasteiger partial charge is 0.215 e. The van der Waals surface area contributed by atoms with Crippen LogP contribution in [0.4, 0.5) is 0 Å². The highest BCUT2D eigenvalue weighted by Gasteiger charge is 2.29. The van der Waals surface area contributed by atoms with Crippen molar-refractivity contribution in [1.29, 1.82) is 0 Å². The SMILES string of the molecule is O=S(=O)(Cc1ccccc1)NCCCBr.O=S1(=O)NCCCC1c1ccccc1. The van der Waals surface area contributed by atoms with E-state index in [2.05, 4.69) is 25.4 Å². The Morgan fingerprint density at radius 2 is 1.66 bits per heavy atom. The molecule has 160 valence electrons. The zero-order valence-corrected chi connectivity index (χ0v) is 19.3. The van der Waals surface area contributed by atoms with E-state index >= 15 is 0 Å². The Kier molecular flexibility index (Phi) is 9.78. The third kappa shape index (κ3) is 8.55. The van der Waals surface area contributed by atoms with Crippen LogP contribution >= 0.6 is 15.9 Å². The molecule has 1 fully saturated rings. The van der Waals surface area contributed by atoms with Gasteiger partial charge in [-0.2, -0.15) is 0 Å². The summed E-state index contributed by atoms with van der Waals surface area (Å²) in [6.07, 6.45) is 2.44. The van der Waals surface area contributed by atoms with E-state index in [0.717, 1.165) is 35.7 Å². The van der Waals surface area contributed by atoms with E-state index in [4.69, 9.17) is 0 Å². The first-order valence-electron chi connectivity index (χ1n) is 9.45. The van der Waals surface area contributed by atoms with Crippen molar-refractivity contribution in [1.82, 2.24) is 9.44 Å². The Morgan fingerprint density at radius 1 is 1.03 bits per heavy atom. The largest absolute Gasteiger partial charge is 0.218 e. The summed E-state index contributed by atoms with van der Waals surface area (Å²) in [7, 11) is -6.30. The standard InChI is InChI=1S/C10H14BrNO2S.C10H13NO2S/c11-7-4-8-12-15(13,14)9-10-5-2-1-3-6-10;12-14(13)10(7-4-8-11-14)9-5-2-1-3-6-9/h1-3,5-6,12H,4,7-9H2;1-3,5-6,10-11H,4,7-8H2. The average Bonchev–Trinajstić information content (AvgIpc) is 2.69. The fraction of sp³-hybridized carbons (Fsp3) is 0.400. The van der Waals surface area contributed by atoms with Gasteiger partial charge in [0, 0.05) is 18.4 Å². The minimum Gasteiger partial charge on any atom is -0.215 e. The molecule has 0 spiro atoms. The third-order valence-corrected chi connectivity index (χ3v) is 8.11. The molecule has 0 aromatic heterocycles. The minimum absolute atomic E-state index is 0.0517. The van der Waals surface area contributed by atoms with Gasteiger partial charge in [0.05, 0.1) is 5.75 Å². The molecule has 1 atom stereocenters. The lowest BCUT2D eigenvalue weighted by atomic mass is 10.1. The monoisotopic (exact) mass is 502 g/mol. The van der Waals surface area contributed by atoms with E-state index in [-0.39, 0.29) is 11.0 Å². The minimum atomic E-state index is -3.18. The molecule has 0 radical (unpaired) electrons. The molecule has 2 N–H and O–H groups in total. The highest BCUT2D eigenvalue weighted by Crippen LogP contribution is 2.28. The number of hydrogen-bond donors (Lipinski definition) is 2. The van der Waals surface area contributed by atoms with Gasteiger partial charge >= 0.3 is 0 Å². The predicted molar refractivity (Wildman–Crippen MR) is 121 cm³/mol. The van der Waals surface area contributed by atoms with Crippen molar-refractivity contribution in [2.75, 3.05) is 18.4 Å². The Hall–Kier alpha value is -1.26. The van der Waals surface area contributed by atoms with Crippen LogP contribution in [0.1, 0.15) is 35.6 Å². The first-order chi connectivity index (χ1) is 13.8. The predicted octanol–water partition coefficient (Wildman–Crippen LogP) is 3.33. The molecule has 2 aromatic carbocycles. The van der Waals surface area contributed by atoms with Crippen molar-refractivity contribution < 1.29 is 16.8 Å². The van der Waals surface area contributed by atoms with Gasteiger partial charge in [-0.1, -0.05) is 76.6 Å². The molecule has 1 aliphatic rings. The summed E-state index contributed by atoms with van der Waals surface area (Å²) < 4.78 is 51.6. The number of benzene rings is 2. The molecule has 0 aliphatic carbocycles. The van der Waals surface area contributed by atoms with Crippen molar-refractivity contribution in [3.63, 3.8) is 0 Å². The average molecular weight is 503 g/mol. The van der Waals surface area contributed by atoms with Crippen molar-refractivity contribution in [3.8, 4) is 0 Å². The van der Waals surface area contributed by atoms with Gasteiger partial charge in [0.1, 0.15) is 5.25 Å². The summed E-state index contributed by atoms with van der Waals surface area (Å²) in [6.45, 7) is 1.06. The fourth-order valence-electron chi connectivity index (χ4n) is 2.91. The molecule has 0 bridgehead atoms. The highest BCUT2D eigenvalue weighted by molar-refractivity contribution is 9.09. The maximum atomic E-state index is 11.7. The second-order valence-corrected chi connectivity index (χ2v) is 11.2. The number of halogens is 1. The molecule has 1 saturated heterocycles. The first kappa shape index (κ1) is 24.0. The molecular formula is C20H27BrN2O4S2. The number of rotatable bonds is 7. The van der Waals surface area contributed by atoms with E-state index in [1.807, 2.05) is 60.7 Å². The van der Waals surface area contributed by atoms with Gasteiger partial charge in [-0.05, 0) is 30.4 Å². The van der Waals surface area contributed by atoms with Gasteiger partial charge in [0.15, 0.2) is 0 Å². The van der Waals surface area contributed by atoms with Crippen LogP contribution in [0.3, 0.4) is 0 Å². The molecule has 2 aromatic rings. The Morgan fingerprint density at radius 3 is 2.24 bits per heavy atom. The maximum absolute atomic E-state index is 11.7. The first-order valence-corrected chi connectivity index (χ1v) is 13.8. The fourth-order valence-corrected chi connectivity index (χ4v) is 6.00. The molecule has 9 heteroatoms. The number of sulfonamides is 2. The van der Waals surface area contributed by atoms with Crippen LogP contribution in [0.2, 0.25) is 0 Å². The van der Waals surface area contributed by atoms with Crippen LogP contribution in [0, 0.1) is 0 Å².